The molecule has 0 saturated heterocycles. The van der Waals surface area contributed by atoms with Crippen LogP contribution < -0.4 is 5.19 Å². The topological polar surface area (TPSA) is 27.7 Å². The van der Waals surface area contributed by atoms with Crippen molar-refractivity contribution in [1.82, 2.24) is 0 Å². The van der Waals surface area contributed by atoms with Crippen LogP contribution in [0.4, 0.5) is 0 Å². The molecular weight excluding hydrogens is 617 g/mol. The second-order valence-corrected chi connectivity index (χ2v) is 30.6. The Bertz CT molecular complexity index is 1300. The van der Waals surface area contributed by atoms with Crippen molar-refractivity contribution in [2.75, 3.05) is 0 Å². The molecule has 3 aromatic carbocycles. The Morgan fingerprint density at radius 3 is 1.33 bits per heavy atom. The molecule has 0 spiro atoms. The molecule has 0 bridgehead atoms. The number of hydrogen-bond donors (Lipinski definition) is 0. The quantitative estimate of drug-likeness (QED) is 0.105. The molecule has 0 saturated carbocycles. The van der Waals surface area contributed by atoms with Gasteiger partial charge in [0.1, 0.15) is 0 Å². The van der Waals surface area contributed by atoms with Gasteiger partial charge in [0, 0.05) is 5.19 Å². The molecule has 0 aliphatic rings. The smallest absolute Gasteiger partial charge is 0.413 e. The summed E-state index contributed by atoms with van der Waals surface area (Å²) in [6.45, 7) is 27.5. The average molecular weight is 675 g/mol. The minimum atomic E-state index is -3.40. The zero-order valence-corrected chi connectivity index (χ0v) is 33.6. The van der Waals surface area contributed by atoms with Gasteiger partial charge in [-0.15, -0.1) is 0 Å². The predicted octanol–water partition coefficient (Wildman–Crippen LogP) is 10.9. The van der Waals surface area contributed by atoms with E-state index in [2.05, 4.69) is 177 Å². The first-order valence-corrected chi connectivity index (χ1v) is 27.7. The molecule has 0 aliphatic carbocycles. The maximum Gasteiger partial charge on any atom is 0.505 e. The summed E-state index contributed by atoms with van der Waals surface area (Å²) in [6.07, 6.45) is 4.21. The van der Waals surface area contributed by atoms with E-state index in [1.807, 2.05) is 0 Å². The maximum absolute atomic E-state index is 7.62. The second-order valence-electron chi connectivity index (χ2n) is 14.7. The molecule has 244 valence electrons. The number of allylic oxidation sites excluding steroid dienone is 3. The lowest BCUT2D eigenvalue weighted by Gasteiger charge is -2.46. The molecule has 0 radical (unpaired) electrons. The molecule has 0 fully saturated rings. The lowest BCUT2D eigenvalue weighted by Crippen LogP contribution is -2.68. The molecule has 0 aromatic heterocycles. The van der Waals surface area contributed by atoms with Gasteiger partial charge in [-0.05, 0) is 93.2 Å². The third kappa shape index (κ3) is 11.6. The van der Waals surface area contributed by atoms with Gasteiger partial charge in [-0.3, -0.25) is 0 Å². The molecule has 0 aliphatic heterocycles. The Morgan fingerprint density at radius 1 is 0.600 bits per heavy atom. The molecule has 3 unspecified atom stereocenters. The van der Waals surface area contributed by atoms with Crippen LogP contribution in [0.5, 0.6) is 0 Å². The third-order valence-corrected chi connectivity index (χ3v) is 24.2. The molecule has 7 heteroatoms. The second kappa shape index (κ2) is 16.1. The van der Waals surface area contributed by atoms with E-state index in [1.54, 1.807) is 0 Å². The summed E-state index contributed by atoms with van der Waals surface area (Å²) < 4.78 is 22.8. The van der Waals surface area contributed by atoms with Crippen molar-refractivity contribution in [1.29, 1.82) is 0 Å². The number of rotatable bonds is 17. The monoisotopic (exact) mass is 674 g/mol. The summed E-state index contributed by atoms with van der Waals surface area (Å²) in [5.41, 5.74) is 3.86. The lowest BCUT2D eigenvalue weighted by molar-refractivity contribution is 0.265. The molecule has 3 aromatic rings. The van der Waals surface area contributed by atoms with Crippen molar-refractivity contribution in [3.05, 3.63) is 126 Å². The van der Waals surface area contributed by atoms with E-state index < -0.39 is 33.8 Å². The van der Waals surface area contributed by atoms with Gasteiger partial charge in [-0.2, -0.15) is 0 Å². The van der Waals surface area contributed by atoms with Crippen LogP contribution in [0.2, 0.25) is 57.4 Å². The summed E-state index contributed by atoms with van der Waals surface area (Å²) in [7, 11) is -10.4. The summed E-state index contributed by atoms with van der Waals surface area (Å²) >= 11 is 0. The molecule has 0 heterocycles. The van der Waals surface area contributed by atoms with Crippen LogP contribution in [-0.4, -0.2) is 33.8 Å². The van der Waals surface area contributed by atoms with Gasteiger partial charge in [0.15, 0.2) is 25.0 Å². The molecular formula is C38H58O3Si4. The SMILES string of the molecule is C=C(C=CC)C(C)C[Si](C)(C)O[Si](O[Si](C)(C)CC(C)c1ccccc1)(O[Si](C)(C)CC(C)c1ccccc1)c1ccccc1. The van der Waals surface area contributed by atoms with E-state index in [9.17, 15) is 0 Å². The summed E-state index contributed by atoms with van der Waals surface area (Å²) in [6, 6.07) is 35.3. The Kier molecular flexibility index (Phi) is 13.4. The molecule has 0 N–H and O–H groups in total. The maximum atomic E-state index is 7.62. The highest BCUT2D eigenvalue weighted by Gasteiger charge is 2.54. The van der Waals surface area contributed by atoms with Crippen LogP contribution in [0.15, 0.2) is 115 Å². The fourth-order valence-corrected chi connectivity index (χ4v) is 25.1. The molecule has 45 heavy (non-hydrogen) atoms. The standard InChI is InChI=1S/C38H58O3Si4/c1-12-22-32(2)33(3)29-42(6,7)39-45(38-27-20-15-21-28-38,40-43(8,9)30-34(4)36-23-16-13-17-24-36)41-44(10,11)31-35(5)37-25-18-14-19-26-37/h12-28,33-35H,2,29-31H2,1,3-11H3. The molecule has 3 rings (SSSR count). The predicted molar refractivity (Wildman–Crippen MR) is 205 cm³/mol. The summed E-state index contributed by atoms with van der Waals surface area (Å²) in [4.78, 5) is 0. The highest BCUT2D eigenvalue weighted by Crippen LogP contribution is 2.36. The zero-order chi connectivity index (χ0) is 33.3. The first kappa shape index (κ1) is 37.3. The Labute approximate surface area is 279 Å². The van der Waals surface area contributed by atoms with Gasteiger partial charge in [0.25, 0.3) is 0 Å². The van der Waals surface area contributed by atoms with Gasteiger partial charge in [-0.1, -0.05) is 136 Å². The van der Waals surface area contributed by atoms with Gasteiger partial charge < -0.3 is 12.3 Å². The van der Waals surface area contributed by atoms with Crippen LogP contribution in [0.25, 0.3) is 0 Å². The first-order chi connectivity index (χ1) is 21.1. The number of hydrogen-bond acceptors (Lipinski definition) is 3. The van der Waals surface area contributed by atoms with Gasteiger partial charge in [-0.25, -0.2) is 0 Å². The van der Waals surface area contributed by atoms with E-state index in [4.69, 9.17) is 12.3 Å². The van der Waals surface area contributed by atoms with Crippen molar-refractivity contribution in [3.63, 3.8) is 0 Å². The van der Waals surface area contributed by atoms with E-state index in [0.29, 0.717) is 17.8 Å². The van der Waals surface area contributed by atoms with Gasteiger partial charge in [0.2, 0.25) is 0 Å². The average Bonchev–Trinajstić information content (AvgIpc) is 2.97. The fourth-order valence-electron chi connectivity index (χ4n) is 6.62. The van der Waals surface area contributed by atoms with Gasteiger partial charge >= 0.3 is 8.80 Å². The normalized spacial score (nSPS) is 16.2. The minimum absolute atomic E-state index is 0.317. The highest BCUT2D eigenvalue weighted by molar-refractivity contribution is 6.96. The van der Waals surface area contributed by atoms with Crippen LogP contribution in [0.1, 0.15) is 50.7 Å². The first-order valence-electron chi connectivity index (χ1n) is 16.6. The molecule has 3 nitrogen and oxygen atoms in total. The van der Waals surface area contributed by atoms with E-state index in [0.717, 1.165) is 28.9 Å². The summed E-state index contributed by atoms with van der Waals surface area (Å²) in [5, 5.41) is 1.09. The summed E-state index contributed by atoms with van der Waals surface area (Å²) in [5.74, 6) is 1.08. The lowest BCUT2D eigenvalue weighted by atomic mass is 10.0. The molecule has 3 atom stereocenters. The van der Waals surface area contributed by atoms with Crippen LogP contribution >= 0.6 is 0 Å². The van der Waals surface area contributed by atoms with Crippen LogP contribution in [0.3, 0.4) is 0 Å². The van der Waals surface area contributed by atoms with Crippen molar-refractivity contribution in [2.24, 2.45) is 5.92 Å². The Morgan fingerprint density at radius 2 is 0.956 bits per heavy atom. The fraction of sp³-hybridized carbons (Fsp3) is 0.421. The molecule has 0 amide bonds. The van der Waals surface area contributed by atoms with Crippen LogP contribution in [0, 0.1) is 5.92 Å². The van der Waals surface area contributed by atoms with Crippen molar-refractivity contribution < 1.29 is 12.3 Å². The zero-order valence-electron chi connectivity index (χ0n) is 29.6. The minimum Gasteiger partial charge on any atom is -0.413 e. The number of benzene rings is 3. The van der Waals surface area contributed by atoms with Crippen LogP contribution in [-0.2, 0) is 12.3 Å². The van der Waals surface area contributed by atoms with E-state index >= 15 is 0 Å². The largest absolute Gasteiger partial charge is 0.505 e. The van der Waals surface area contributed by atoms with Crippen molar-refractivity contribution in [2.45, 2.75) is 96.9 Å². The Balaban J connectivity index is 2.07. The Hall–Kier alpha value is -2.11. The highest BCUT2D eigenvalue weighted by atomic mass is 28.5. The van der Waals surface area contributed by atoms with E-state index in [-0.39, 0.29) is 0 Å². The van der Waals surface area contributed by atoms with Crippen molar-refractivity contribution >= 4 is 38.9 Å². The van der Waals surface area contributed by atoms with E-state index in [1.165, 1.54) is 11.1 Å². The van der Waals surface area contributed by atoms with Crippen molar-refractivity contribution in [3.8, 4) is 0 Å². The van der Waals surface area contributed by atoms with Gasteiger partial charge in [0.05, 0.1) is 0 Å². The third-order valence-electron chi connectivity index (χ3n) is 8.50.